The summed E-state index contributed by atoms with van der Waals surface area (Å²) in [6, 6.07) is 35.0. The van der Waals surface area contributed by atoms with Crippen LogP contribution in [0.25, 0.3) is 10.8 Å². The molecule has 0 spiro atoms. The fourth-order valence-corrected chi connectivity index (χ4v) is 7.45. The van der Waals surface area contributed by atoms with Crippen molar-refractivity contribution >= 4 is 16.7 Å². The Morgan fingerprint density at radius 1 is 0.767 bits per heavy atom. The number of benzene rings is 5. The number of aliphatic hydroxyl groups is 1. The van der Waals surface area contributed by atoms with E-state index in [0.717, 1.165) is 44.5 Å². The molecule has 0 saturated carbocycles. The Balaban J connectivity index is 1.19. The highest BCUT2D eigenvalue weighted by molar-refractivity contribution is 5.89. The largest absolute Gasteiger partial charge is 0.496 e. The first-order valence-corrected chi connectivity index (χ1v) is 20.3. The highest BCUT2D eigenvalue weighted by Gasteiger charge is 2.41. The summed E-state index contributed by atoms with van der Waals surface area (Å²) in [6.07, 6.45) is -0.351. The number of carbonyl (C=O) groups is 1. The van der Waals surface area contributed by atoms with Crippen LogP contribution in [0, 0.1) is 0 Å². The molecule has 13 nitrogen and oxygen atoms in total. The molecule has 320 valence electrons. The number of methoxy groups -OCH3 is 2. The number of hydrogen-bond donors (Lipinski definition) is 3. The number of rotatable bonds is 22. The summed E-state index contributed by atoms with van der Waals surface area (Å²) in [5.41, 5.74) is 4.28. The molecule has 60 heavy (non-hydrogen) atoms. The zero-order chi connectivity index (χ0) is 42.3. The van der Waals surface area contributed by atoms with Crippen LogP contribution in [0.15, 0.2) is 109 Å². The highest BCUT2D eigenvalue weighted by atomic mass is 17.1. The molecule has 0 aliphatic carbocycles. The summed E-state index contributed by atoms with van der Waals surface area (Å²) < 4.78 is 36.5. The van der Waals surface area contributed by atoms with E-state index in [2.05, 4.69) is 6.07 Å². The highest BCUT2D eigenvalue weighted by Crippen LogP contribution is 2.36. The summed E-state index contributed by atoms with van der Waals surface area (Å²) >= 11 is 0. The molecule has 0 radical (unpaired) electrons. The van der Waals surface area contributed by atoms with Crippen LogP contribution >= 0.6 is 0 Å². The van der Waals surface area contributed by atoms with Crippen molar-refractivity contribution in [2.45, 2.75) is 70.2 Å². The van der Waals surface area contributed by atoms with Gasteiger partial charge in [-0.1, -0.05) is 85.8 Å². The lowest BCUT2D eigenvalue weighted by molar-refractivity contribution is -0.497. The number of nitrogens with zero attached hydrogens (tertiary/aromatic N) is 2. The van der Waals surface area contributed by atoms with E-state index in [1.54, 1.807) is 37.3 Å². The monoisotopic (exact) mass is 824 g/mol. The van der Waals surface area contributed by atoms with E-state index in [-0.39, 0.29) is 50.0 Å². The molecule has 1 fully saturated rings. The van der Waals surface area contributed by atoms with Crippen molar-refractivity contribution in [2.75, 3.05) is 47.1 Å². The van der Waals surface area contributed by atoms with E-state index in [0.29, 0.717) is 50.5 Å². The number of hydrogen-bond acceptors (Lipinski definition) is 12. The van der Waals surface area contributed by atoms with Gasteiger partial charge in [0.25, 0.3) is 0 Å². The van der Waals surface area contributed by atoms with Gasteiger partial charge in [0, 0.05) is 36.4 Å². The van der Waals surface area contributed by atoms with Gasteiger partial charge in [-0.2, -0.15) is 0 Å². The van der Waals surface area contributed by atoms with Crippen molar-refractivity contribution in [3.8, 4) is 17.2 Å². The Kier molecular flexibility index (Phi) is 16.7. The zero-order valence-corrected chi connectivity index (χ0v) is 34.5. The van der Waals surface area contributed by atoms with Crippen molar-refractivity contribution in [3.63, 3.8) is 0 Å². The zero-order valence-electron chi connectivity index (χ0n) is 34.5. The minimum absolute atomic E-state index is 0.0887. The molecule has 5 aromatic rings. The van der Waals surface area contributed by atoms with Gasteiger partial charge in [-0.3, -0.25) is 15.2 Å². The maximum absolute atomic E-state index is 14.1. The molecular weight excluding hydrogens is 769 g/mol. The van der Waals surface area contributed by atoms with E-state index < -0.39 is 18.3 Å². The second-order valence-electron chi connectivity index (χ2n) is 14.8. The first-order valence-electron chi connectivity index (χ1n) is 20.3. The van der Waals surface area contributed by atoms with E-state index in [9.17, 15) is 9.90 Å². The molecule has 6 rings (SSSR count). The Morgan fingerprint density at radius 3 is 2.27 bits per heavy atom. The maximum Gasteiger partial charge on any atom is 0.227 e. The predicted octanol–water partition coefficient (Wildman–Crippen LogP) is 7.26. The van der Waals surface area contributed by atoms with Crippen molar-refractivity contribution in [2.24, 2.45) is 0 Å². The van der Waals surface area contributed by atoms with E-state index in [1.807, 2.05) is 91.9 Å². The molecule has 3 N–H and O–H groups in total. The van der Waals surface area contributed by atoms with Crippen LogP contribution in [0.4, 0.5) is 0 Å². The van der Waals surface area contributed by atoms with Crippen LogP contribution in [0.2, 0.25) is 0 Å². The van der Waals surface area contributed by atoms with Crippen molar-refractivity contribution in [1.29, 1.82) is 0 Å². The molecule has 1 amide bonds. The fraction of sp³-hybridized carbons (Fsp3) is 0.383. The van der Waals surface area contributed by atoms with Crippen molar-refractivity contribution in [3.05, 3.63) is 137 Å². The minimum atomic E-state index is -0.672. The topological polar surface area (TPSA) is 149 Å². The number of para-hydroxylation sites is 1. The average Bonchev–Trinajstić information content (AvgIpc) is 3.27. The minimum Gasteiger partial charge on any atom is -0.496 e. The molecule has 13 heteroatoms. The number of amides is 1. The quantitative estimate of drug-likeness (QED) is 0.0477. The molecule has 1 heterocycles. The number of fused-ring (bicyclic) bond motifs is 1. The van der Waals surface area contributed by atoms with Gasteiger partial charge < -0.3 is 38.4 Å². The first kappa shape index (κ1) is 44.5. The third kappa shape index (κ3) is 12.5. The summed E-state index contributed by atoms with van der Waals surface area (Å²) in [6.45, 7) is 4.21. The number of piperidine rings is 1. The lowest BCUT2D eigenvalue weighted by Crippen LogP contribution is -2.55. The first-order chi connectivity index (χ1) is 29.2. The van der Waals surface area contributed by atoms with Gasteiger partial charge in [0.15, 0.2) is 0 Å². The van der Waals surface area contributed by atoms with Gasteiger partial charge in [0.05, 0.1) is 84.0 Å². The molecule has 4 unspecified atom stereocenters. The molecule has 5 aromatic carbocycles. The van der Waals surface area contributed by atoms with E-state index >= 15 is 0 Å². The van der Waals surface area contributed by atoms with Gasteiger partial charge in [-0.15, -0.1) is 0 Å². The molecule has 1 saturated heterocycles. The van der Waals surface area contributed by atoms with Crippen LogP contribution in [-0.2, 0) is 50.1 Å². The van der Waals surface area contributed by atoms with Crippen LogP contribution in [-0.4, -0.2) is 97.2 Å². The fourth-order valence-electron chi connectivity index (χ4n) is 7.45. The maximum atomic E-state index is 14.1. The van der Waals surface area contributed by atoms with E-state index in [1.165, 1.54) is 0 Å². The lowest BCUT2D eigenvalue weighted by atomic mass is 9.84. The van der Waals surface area contributed by atoms with Crippen LogP contribution in [0.3, 0.4) is 0 Å². The van der Waals surface area contributed by atoms with Crippen LogP contribution in [0.5, 0.6) is 17.2 Å². The van der Waals surface area contributed by atoms with Gasteiger partial charge >= 0.3 is 0 Å². The summed E-state index contributed by atoms with van der Waals surface area (Å²) in [5, 5.41) is 30.3. The van der Waals surface area contributed by atoms with Crippen molar-refractivity contribution in [1.82, 2.24) is 10.3 Å². The van der Waals surface area contributed by atoms with Gasteiger partial charge in [-0.25, -0.2) is 4.84 Å². The Morgan fingerprint density at radius 2 is 1.50 bits per heavy atom. The lowest BCUT2D eigenvalue weighted by Gasteiger charge is -2.44. The summed E-state index contributed by atoms with van der Waals surface area (Å²) in [4.78, 5) is 20.6. The number of likely N-dealkylation sites (tertiary alicyclic amines) is 1. The smallest absolute Gasteiger partial charge is 0.227 e. The molecule has 0 bridgehead atoms. The van der Waals surface area contributed by atoms with Crippen LogP contribution < -0.4 is 14.2 Å². The van der Waals surface area contributed by atoms with Crippen LogP contribution in [0.1, 0.15) is 53.5 Å². The molecule has 1 aliphatic rings. The Labute approximate surface area is 351 Å². The van der Waals surface area contributed by atoms with Crippen molar-refractivity contribution < 1.29 is 53.6 Å². The standard InChI is InChI=1S/C47H56N2O11/c1-4-39(50)32-59-45-28-48(46(51)26-33-11-9-12-34(23-33)30-60-49(52)53)27-44(58-29-35-24-37-13-5-7-15-41(37)43(25-35)55-3)47(45)36-17-19-40(20-18-36)57-22-10-21-56-31-38-14-6-8-16-42(38)54-2/h5-9,11-20,23-25,39,44-45,47,50,52-53H,4,10,21-22,26-32H2,1-3H3. The SMILES string of the molecule is CCC(O)COC1CN(C(=O)Cc2cccc(CON(O)O)c2)CC(OCc2cc(OC)c3ccccc3c2)C1c1ccc(OCCCOCc2ccccc2OC)cc1. The third-order valence-corrected chi connectivity index (χ3v) is 10.6. The molecular formula is C47H56N2O11. The van der Waals surface area contributed by atoms with Gasteiger partial charge in [0.1, 0.15) is 17.2 Å². The molecule has 0 aromatic heterocycles. The molecule has 4 atom stereocenters. The van der Waals surface area contributed by atoms with E-state index in [4.69, 9.17) is 43.7 Å². The van der Waals surface area contributed by atoms with Gasteiger partial charge in [-0.05, 0) is 64.4 Å². The molecule has 1 aliphatic heterocycles. The Bertz CT molecular complexity index is 2100. The third-order valence-electron chi connectivity index (χ3n) is 10.6. The van der Waals surface area contributed by atoms with Gasteiger partial charge in [0.2, 0.25) is 5.91 Å². The second-order valence-corrected chi connectivity index (χ2v) is 14.8. The number of aliphatic hydroxyl groups excluding tert-OH is 1. The predicted molar refractivity (Wildman–Crippen MR) is 224 cm³/mol. The number of carbonyl (C=O) groups excluding carboxylic acids is 1. The normalized spacial score (nSPS) is 17.2. The average molecular weight is 825 g/mol. The Hall–Kier alpha value is -5.09. The summed E-state index contributed by atoms with van der Waals surface area (Å²) in [7, 11) is 3.30. The second kappa shape index (κ2) is 22.5. The summed E-state index contributed by atoms with van der Waals surface area (Å²) in [5.74, 6) is 1.84. The number of ether oxygens (including phenoxy) is 6.